The second-order valence-electron chi connectivity index (χ2n) is 4.78. The number of amides is 2. The second-order valence-corrected chi connectivity index (χ2v) is 6.37. The monoisotopic (exact) mass is 243 g/mol. The van der Waals surface area contributed by atoms with Gasteiger partial charge in [0.15, 0.2) is 0 Å². The van der Waals surface area contributed by atoms with E-state index in [2.05, 4.69) is 19.2 Å². The Hall–Kier alpha value is -0.510. The fraction of sp³-hybridized carbons (Fsp3) is 0.833. The first kappa shape index (κ1) is 13.6. The average Bonchev–Trinajstić information content (AvgIpc) is 2.21. The van der Waals surface area contributed by atoms with Crippen LogP contribution in [0.15, 0.2) is 0 Å². The van der Waals surface area contributed by atoms with Crippen LogP contribution in [-0.4, -0.2) is 21.8 Å². The molecular weight excluding hydrogens is 222 g/mol. The van der Waals surface area contributed by atoms with E-state index in [9.17, 15) is 9.59 Å². The summed E-state index contributed by atoms with van der Waals surface area (Å²) >= 11 is 1.56. The highest BCUT2D eigenvalue weighted by molar-refractivity contribution is 8.02. The molecule has 1 saturated heterocycles. The summed E-state index contributed by atoms with van der Waals surface area (Å²) < 4.78 is -0.400. The van der Waals surface area contributed by atoms with Crippen LogP contribution in [0.1, 0.15) is 47.0 Å². The number of rotatable bonds is 4. The van der Waals surface area contributed by atoms with Gasteiger partial charge in [-0.15, -0.1) is 11.8 Å². The molecular formula is C12H21NO2S. The highest BCUT2D eigenvalue weighted by Gasteiger charge is 2.46. The molecule has 0 radical (unpaired) electrons. The number of carbonyl (C=O) groups excluding carboxylic acids is 2. The van der Waals surface area contributed by atoms with Crippen molar-refractivity contribution >= 4 is 23.6 Å². The Morgan fingerprint density at radius 2 is 2.00 bits per heavy atom. The molecule has 1 aliphatic rings. The predicted molar refractivity (Wildman–Crippen MR) is 67.3 cm³/mol. The summed E-state index contributed by atoms with van der Waals surface area (Å²) in [5.41, 5.74) is 0. The quantitative estimate of drug-likeness (QED) is 0.771. The molecule has 92 valence electrons. The van der Waals surface area contributed by atoms with Gasteiger partial charge >= 0.3 is 0 Å². The lowest BCUT2D eigenvalue weighted by Crippen LogP contribution is -2.55. The van der Waals surface area contributed by atoms with Crippen LogP contribution < -0.4 is 5.32 Å². The Balaban J connectivity index is 2.90. The predicted octanol–water partition coefficient (Wildman–Crippen LogP) is 2.35. The maximum atomic E-state index is 12.0. The van der Waals surface area contributed by atoms with Crippen LogP contribution in [0.5, 0.6) is 0 Å². The van der Waals surface area contributed by atoms with Crippen LogP contribution in [-0.2, 0) is 9.59 Å². The van der Waals surface area contributed by atoms with Crippen molar-refractivity contribution in [2.24, 2.45) is 5.92 Å². The van der Waals surface area contributed by atoms with Crippen LogP contribution in [0.3, 0.4) is 0 Å². The van der Waals surface area contributed by atoms with E-state index < -0.39 is 4.75 Å². The van der Waals surface area contributed by atoms with E-state index in [1.807, 2.05) is 13.8 Å². The average molecular weight is 243 g/mol. The van der Waals surface area contributed by atoms with Gasteiger partial charge < -0.3 is 0 Å². The van der Waals surface area contributed by atoms with Gasteiger partial charge in [-0.3, -0.25) is 14.9 Å². The molecule has 1 rings (SSSR count). The highest BCUT2D eigenvalue weighted by Crippen LogP contribution is 2.41. The molecule has 0 aliphatic carbocycles. The van der Waals surface area contributed by atoms with Gasteiger partial charge in [-0.25, -0.2) is 0 Å². The molecule has 16 heavy (non-hydrogen) atoms. The van der Waals surface area contributed by atoms with Crippen LogP contribution >= 0.6 is 11.8 Å². The lowest BCUT2D eigenvalue weighted by molar-refractivity contribution is -0.133. The van der Waals surface area contributed by atoms with Crippen molar-refractivity contribution in [2.45, 2.75) is 57.0 Å². The standard InChI is InChI=1S/C12H21NO2S/c1-5-9-10(14)13-11(15)12(6-2,16-9)7-8(3)4/h8-9H,5-7H2,1-4H3,(H,13,14,15)/t9-,12-/m1/s1. The molecule has 0 unspecified atom stereocenters. The third-order valence-electron chi connectivity index (χ3n) is 2.99. The van der Waals surface area contributed by atoms with E-state index in [-0.39, 0.29) is 17.1 Å². The maximum Gasteiger partial charge on any atom is 0.242 e. The minimum atomic E-state index is -0.400. The summed E-state index contributed by atoms with van der Waals surface area (Å²) in [6, 6.07) is 0. The summed E-state index contributed by atoms with van der Waals surface area (Å²) in [6.07, 6.45) is 2.40. The summed E-state index contributed by atoms with van der Waals surface area (Å²) in [6.45, 7) is 8.24. The molecule has 0 spiro atoms. The van der Waals surface area contributed by atoms with Gasteiger partial charge in [-0.05, 0) is 25.2 Å². The Morgan fingerprint density at radius 3 is 2.44 bits per heavy atom. The normalized spacial score (nSPS) is 30.7. The minimum Gasteiger partial charge on any atom is -0.294 e. The van der Waals surface area contributed by atoms with E-state index in [1.165, 1.54) is 0 Å². The van der Waals surface area contributed by atoms with Crippen LogP contribution in [0, 0.1) is 5.92 Å². The third-order valence-corrected chi connectivity index (χ3v) is 4.91. The molecule has 0 bridgehead atoms. The van der Waals surface area contributed by atoms with Crippen LogP contribution in [0.4, 0.5) is 0 Å². The Kier molecular flexibility index (Phi) is 4.42. The molecule has 1 heterocycles. The topological polar surface area (TPSA) is 46.2 Å². The van der Waals surface area contributed by atoms with Gasteiger partial charge in [0.1, 0.15) is 0 Å². The summed E-state index contributed by atoms with van der Waals surface area (Å²) in [5.74, 6) is 0.248. The van der Waals surface area contributed by atoms with Gasteiger partial charge in [0.2, 0.25) is 11.8 Å². The first-order chi connectivity index (χ1) is 7.45. The van der Waals surface area contributed by atoms with Crippen molar-refractivity contribution in [3.8, 4) is 0 Å². The highest BCUT2D eigenvalue weighted by atomic mass is 32.2. The number of carbonyl (C=O) groups is 2. The molecule has 3 nitrogen and oxygen atoms in total. The van der Waals surface area contributed by atoms with Crippen molar-refractivity contribution in [2.75, 3.05) is 0 Å². The first-order valence-electron chi connectivity index (χ1n) is 5.98. The van der Waals surface area contributed by atoms with Crippen molar-refractivity contribution in [3.63, 3.8) is 0 Å². The molecule has 0 aromatic rings. The molecule has 1 fully saturated rings. The van der Waals surface area contributed by atoms with Gasteiger partial charge in [-0.1, -0.05) is 27.7 Å². The van der Waals surface area contributed by atoms with Gasteiger partial charge in [0.25, 0.3) is 0 Å². The maximum absolute atomic E-state index is 12.0. The van der Waals surface area contributed by atoms with Crippen molar-refractivity contribution in [1.82, 2.24) is 5.32 Å². The number of thioether (sulfide) groups is 1. The van der Waals surface area contributed by atoms with Gasteiger partial charge in [0.05, 0.1) is 10.00 Å². The molecule has 0 saturated carbocycles. The van der Waals surface area contributed by atoms with Crippen LogP contribution in [0.25, 0.3) is 0 Å². The summed E-state index contributed by atoms with van der Waals surface area (Å²) in [7, 11) is 0. The molecule has 1 N–H and O–H groups in total. The smallest absolute Gasteiger partial charge is 0.242 e. The van der Waals surface area contributed by atoms with Gasteiger partial charge in [-0.2, -0.15) is 0 Å². The summed E-state index contributed by atoms with van der Waals surface area (Å²) in [5, 5.41) is 2.46. The number of hydrogen-bond acceptors (Lipinski definition) is 3. The van der Waals surface area contributed by atoms with Crippen molar-refractivity contribution in [3.05, 3.63) is 0 Å². The van der Waals surface area contributed by atoms with E-state index >= 15 is 0 Å². The molecule has 1 aliphatic heterocycles. The third kappa shape index (κ3) is 2.59. The fourth-order valence-corrected chi connectivity index (χ4v) is 3.77. The van der Waals surface area contributed by atoms with E-state index in [0.717, 1.165) is 19.3 Å². The Labute approximate surface area is 102 Å². The van der Waals surface area contributed by atoms with Crippen molar-refractivity contribution < 1.29 is 9.59 Å². The fourth-order valence-electron chi connectivity index (χ4n) is 2.14. The number of nitrogens with one attached hydrogen (secondary N) is 1. The zero-order chi connectivity index (χ0) is 12.3. The van der Waals surface area contributed by atoms with Crippen molar-refractivity contribution in [1.29, 1.82) is 0 Å². The zero-order valence-corrected chi connectivity index (χ0v) is 11.3. The van der Waals surface area contributed by atoms with Gasteiger partial charge in [0, 0.05) is 0 Å². The number of hydrogen-bond donors (Lipinski definition) is 1. The Morgan fingerprint density at radius 1 is 1.38 bits per heavy atom. The molecule has 0 aromatic heterocycles. The minimum absolute atomic E-state index is 0.0728. The second kappa shape index (κ2) is 5.21. The number of imide groups is 1. The first-order valence-corrected chi connectivity index (χ1v) is 6.86. The molecule has 2 atom stereocenters. The lowest BCUT2D eigenvalue weighted by Gasteiger charge is -2.38. The van der Waals surface area contributed by atoms with E-state index in [4.69, 9.17) is 0 Å². The molecule has 2 amide bonds. The van der Waals surface area contributed by atoms with E-state index in [1.54, 1.807) is 11.8 Å². The van der Waals surface area contributed by atoms with E-state index in [0.29, 0.717) is 5.92 Å². The SMILES string of the molecule is CC[C@H]1S[C@](CC)(CC(C)C)C(=O)NC1=O. The zero-order valence-electron chi connectivity index (χ0n) is 10.5. The summed E-state index contributed by atoms with van der Waals surface area (Å²) in [4.78, 5) is 23.6. The van der Waals surface area contributed by atoms with Crippen LogP contribution in [0.2, 0.25) is 0 Å². The lowest BCUT2D eigenvalue weighted by atomic mass is 9.92. The molecule has 4 heteroatoms. The Bertz CT molecular complexity index is 291. The molecule has 0 aromatic carbocycles. The largest absolute Gasteiger partial charge is 0.294 e.